The van der Waals surface area contributed by atoms with Gasteiger partial charge in [0.25, 0.3) is 5.91 Å². The van der Waals surface area contributed by atoms with Crippen molar-refractivity contribution in [2.45, 2.75) is 25.8 Å². The van der Waals surface area contributed by atoms with Gasteiger partial charge in [0.15, 0.2) is 6.61 Å². The molecule has 0 bridgehead atoms. The van der Waals surface area contributed by atoms with Gasteiger partial charge in [-0.2, -0.15) is 0 Å². The molecule has 25 heavy (non-hydrogen) atoms. The fraction of sp³-hybridized carbons (Fsp3) is 0.300. The predicted molar refractivity (Wildman–Crippen MR) is 95.5 cm³/mol. The SMILES string of the molecule is CCC[C@@H](NC(=O)COC(=O)c1ccc(OC)cc1)c1ccccc1. The van der Waals surface area contributed by atoms with Crippen LogP contribution in [0.3, 0.4) is 0 Å². The van der Waals surface area contributed by atoms with E-state index in [0.29, 0.717) is 11.3 Å². The summed E-state index contributed by atoms with van der Waals surface area (Å²) in [4.78, 5) is 24.1. The molecule has 2 aromatic carbocycles. The fourth-order valence-corrected chi connectivity index (χ4v) is 2.47. The van der Waals surface area contributed by atoms with Crippen molar-refractivity contribution < 1.29 is 19.1 Å². The lowest BCUT2D eigenvalue weighted by atomic mass is 10.0. The van der Waals surface area contributed by atoms with Gasteiger partial charge in [0.05, 0.1) is 18.7 Å². The van der Waals surface area contributed by atoms with E-state index in [1.54, 1.807) is 31.4 Å². The number of carbonyl (C=O) groups excluding carboxylic acids is 2. The van der Waals surface area contributed by atoms with E-state index in [4.69, 9.17) is 9.47 Å². The lowest BCUT2D eigenvalue weighted by Crippen LogP contribution is -2.32. The highest BCUT2D eigenvalue weighted by atomic mass is 16.5. The Balaban J connectivity index is 1.88. The summed E-state index contributed by atoms with van der Waals surface area (Å²) in [6.07, 6.45) is 1.76. The minimum Gasteiger partial charge on any atom is -0.497 e. The van der Waals surface area contributed by atoms with E-state index in [0.717, 1.165) is 18.4 Å². The Bertz CT molecular complexity index is 683. The molecule has 5 nitrogen and oxygen atoms in total. The van der Waals surface area contributed by atoms with Crippen molar-refractivity contribution >= 4 is 11.9 Å². The summed E-state index contributed by atoms with van der Waals surface area (Å²) in [6, 6.07) is 16.2. The molecule has 0 aliphatic rings. The van der Waals surface area contributed by atoms with E-state index in [1.807, 2.05) is 30.3 Å². The van der Waals surface area contributed by atoms with E-state index in [2.05, 4.69) is 12.2 Å². The number of methoxy groups -OCH3 is 1. The molecule has 0 aliphatic heterocycles. The second-order valence-corrected chi connectivity index (χ2v) is 5.62. The van der Waals surface area contributed by atoms with Gasteiger partial charge in [-0.15, -0.1) is 0 Å². The van der Waals surface area contributed by atoms with Crippen LogP contribution in [0.5, 0.6) is 5.75 Å². The molecule has 1 N–H and O–H groups in total. The van der Waals surface area contributed by atoms with Crippen molar-refractivity contribution in [2.24, 2.45) is 0 Å². The van der Waals surface area contributed by atoms with E-state index in [1.165, 1.54) is 0 Å². The number of amides is 1. The molecular formula is C20H23NO4. The van der Waals surface area contributed by atoms with Crippen LogP contribution in [0, 0.1) is 0 Å². The maximum absolute atomic E-state index is 12.1. The quantitative estimate of drug-likeness (QED) is 0.746. The molecule has 132 valence electrons. The van der Waals surface area contributed by atoms with Crippen LogP contribution in [-0.2, 0) is 9.53 Å². The van der Waals surface area contributed by atoms with E-state index >= 15 is 0 Å². The molecule has 0 heterocycles. The predicted octanol–water partition coefficient (Wildman–Crippen LogP) is 3.51. The van der Waals surface area contributed by atoms with E-state index < -0.39 is 5.97 Å². The third-order valence-electron chi connectivity index (χ3n) is 3.77. The Labute approximate surface area is 148 Å². The first-order valence-electron chi connectivity index (χ1n) is 8.29. The summed E-state index contributed by atoms with van der Waals surface area (Å²) in [5.74, 6) is -0.201. The van der Waals surface area contributed by atoms with Crippen LogP contribution in [0.4, 0.5) is 0 Å². The smallest absolute Gasteiger partial charge is 0.338 e. The summed E-state index contributed by atoms with van der Waals surface area (Å²) >= 11 is 0. The number of ether oxygens (including phenoxy) is 2. The standard InChI is InChI=1S/C20H23NO4/c1-3-7-18(15-8-5-4-6-9-15)21-19(22)14-25-20(23)16-10-12-17(24-2)13-11-16/h4-6,8-13,18H,3,7,14H2,1-2H3,(H,21,22)/t18-/m1/s1. The molecule has 1 atom stereocenters. The Hall–Kier alpha value is -2.82. The zero-order valence-corrected chi connectivity index (χ0v) is 14.5. The van der Waals surface area contributed by atoms with Crippen molar-refractivity contribution in [2.75, 3.05) is 13.7 Å². The molecular weight excluding hydrogens is 318 g/mol. The van der Waals surface area contributed by atoms with Gasteiger partial charge in [-0.25, -0.2) is 4.79 Å². The van der Waals surface area contributed by atoms with Crippen LogP contribution in [-0.4, -0.2) is 25.6 Å². The van der Waals surface area contributed by atoms with Gasteiger partial charge in [0, 0.05) is 0 Å². The number of carbonyl (C=O) groups is 2. The van der Waals surface area contributed by atoms with Crippen molar-refractivity contribution in [1.82, 2.24) is 5.32 Å². The summed E-state index contributed by atoms with van der Waals surface area (Å²) in [5.41, 5.74) is 1.42. The Morgan fingerprint density at radius 1 is 1.04 bits per heavy atom. The number of hydrogen-bond acceptors (Lipinski definition) is 4. The zero-order chi connectivity index (χ0) is 18.1. The third-order valence-corrected chi connectivity index (χ3v) is 3.77. The molecule has 0 saturated heterocycles. The average Bonchev–Trinajstić information content (AvgIpc) is 2.66. The van der Waals surface area contributed by atoms with Gasteiger partial charge in [0.2, 0.25) is 0 Å². The highest BCUT2D eigenvalue weighted by Crippen LogP contribution is 2.18. The number of esters is 1. The lowest BCUT2D eigenvalue weighted by Gasteiger charge is -2.18. The van der Waals surface area contributed by atoms with Crippen molar-refractivity contribution in [3.63, 3.8) is 0 Å². The molecule has 0 unspecified atom stereocenters. The van der Waals surface area contributed by atoms with Crippen molar-refractivity contribution in [1.29, 1.82) is 0 Å². The summed E-state index contributed by atoms with van der Waals surface area (Å²) in [6.45, 7) is 1.75. The van der Waals surface area contributed by atoms with Gasteiger partial charge in [-0.05, 0) is 36.2 Å². The molecule has 0 spiro atoms. The lowest BCUT2D eigenvalue weighted by molar-refractivity contribution is -0.125. The Morgan fingerprint density at radius 3 is 2.32 bits per heavy atom. The zero-order valence-electron chi connectivity index (χ0n) is 14.5. The first kappa shape index (κ1) is 18.5. The van der Waals surface area contributed by atoms with Gasteiger partial charge < -0.3 is 14.8 Å². The maximum atomic E-state index is 12.1. The first-order valence-corrected chi connectivity index (χ1v) is 8.29. The molecule has 0 radical (unpaired) electrons. The molecule has 0 aliphatic carbocycles. The number of benzene rings is 2. The summed E-state index contributed by atoms with van der Waals surface area (Å²) < 4.78 is 10.1. The summed E-state index contributed by atoms with van der Waals surface area (Å²) in [7, 11) is 1.55. The van der Waals surface area contributed by atoms with Gasteiger partial charge in [-0.3, -0.25) is 4.79 Å². The minimum atomic E-state index is -0.537. The minimum absolute atomic E-state index is 0.0848. The number of hydrogen-bond donors (Lipinski definition) is 1. The van der Waals surface area contributed by atoms with Gasteiger partial charge in [0.1, 0.15) is 5.75 Å². The third kappa shape index (κ3) is 5.64. The van der Waals surface area contributed by atoms with Crippen LogP contribution in [0.1, 0.15) is 41.7 Å². The van der Waals surface area contributed by atoms with Crippen LogP contribution >= 0.6 is 0 Å². The van der Waals surface area contributed by atoms with Gasteiger partial charge >= 0.3 is 5.97 Å². The van der Waals surface area contributed by atoms with Crippen LogP contribution in [0.15, 0.2) is 54.6 Å². The van der Waals surface area contributed by atoms with Crippen LogP contribution < -0.4 is 10.1 Å². The van der Waals surface area contributed by atoms with Gasteiger partial charge in [-0.1, -0.05) is 43.7 Å². The number of nitrogens with one attached hydrogen (secondary N) is 1. The molecule has 0 aromatic heterocycles. The molecule has 5 heteroatoms. The molecule has 2 rings (SSSR count). The molecule has 0 fully saturated rings. The average molecular weight is 341 g/mol. The van der Waals surface area contributed by atoms with E-state index in [9.17, 15) is 9.59 Å². The van der Waals surface area contributed by atoms with Crippen LogP contribution in [0.2, 0.25) is 0 Å². The highest BCUT2D eigenvalue weighted by molar-refractivity contribution is 5.91. The molecule has 1 amide bonds. The highest BCUT2D eigenvalue weighted by Gasteiger charge is 2.15. The number of rotatable bonds is 8. The first-order chi connectivity index (χ1) is 12.1. The normalized spacial score (nSPS) is 11.4. The fourth-order valence-electron chi connectivity index (χ4n) is 2.47. The van der Waals surface area contributed by atoms with Crippen molar-refractivity contribution in [3.8, 4) is 5.75 Å². The maximum Gasteiger partial charge on any atom is 0.338 e. The largest absolute Gasteiger partial charge is 0.497 e. The second kappa shape index (κ2) is 9.47. The summed E-state index contributed by atoms with van der Waals surface area (Å²) in [5, 5.41) is 2.92. The van der Waals surface area contributed by atoms with E-state index in [-0.39, 0.29) is 18.6 Å². The molecule has 2 aromatic rings. The monoisotopic (exact) mass is 341 g/mol. The Morgan fingerprint density at radius 2 is 1.72 bits per heavy atom. The van der Waals surface area contributed by atoms with Crippen molar-refractivity contribution in [3.05, 3.63) is 65.7 Å². The second-order valence-electron chi connectivity index (χ2n) is 5.62. The van der Waals surface area contributed by atoms with Crippen LogP contribution in [0.25, 0.3) is 0 Å². The molecule has 0 saturated carbocycles. The topological polar surface area (TPSA) is 64.6 Å². The Kier molecular flexibility index (Phi) is 7.01.